The molecule has 1 N–H and O–H groups in total. The molecule has 0 spiro atoms. The molecule has 1 fully saturated rings. The first kappa shape index (κ1) is 23.0. The molecule has 1 saturated heterocycles. The lowest BCUT2D eigenvalue weighted by Gasteiger charge is -2.33. The zero-order chi connectivity index (χ0) is 24.5. The molecule has 3 heterocycles. The van der Waals surface area contributed by atoms with E-state index in [9.17, 15) is 9.59 Å². The Morgan fingerprint density at radius 2 is 1.66 bits per heavy atom. The molecule has 0 aliphatic carbocycles. The number of nitrogens with zero attached hydrogens (tertiary/aromatic N) is 5. The van der Waals surface area contributed by atoms with E-state index in [4.69, 9.17) is 4.98 Å². The summed E-state index contributed by atoms with van der Waals surface area (Å²) in [7, 11) is 0. The number of aromatic nitrogens is 5. The summed E-state index contributed by atoms with van der Waals surface area (Å²) >= 11 is 0. The van der Waals surface area contributed by atoms with E-state index < -0.39 is 0 Å². The van der Waals surface area contributed by atoms with Crippen molar-refractivity contribution in [2.24, 2.45) is 0 Å². The number of carbonyl (C=O) groups is 1. The summed E-state index contributed by atoms with van der Waals surface area (Å²) in [6.07, 6.45) is 1.50. The molecule has 1 aliphatic heterocycles. The number of fused-ring (bicyclic) bond motifs is 1. The van der Waals surface area contributed by atoms with Gasteiger partial charge in [-0.3, -0.25) is 9.59 Å². The van der Waals surface area contributed by atoms with Crippen LogP contribution in [0.1, 0.15) is 59.7 Å². The number of aryl methyl sites for hydroxylation is 2. The summed E-state index contributed by atoms with van der Waals surface area (Å²) in [5.74, 6) is 0.690. The summed E-state index contributed by atoms with van der Waals surface area (Å²) in [5, 5.41) is 8.24. The maximum absolute atomic E-state index is 13.1. The number of nitrogens with one attached hydrogen (secondary N) is 1. The van der Waals surface area contributed by atoms with Crippen molar-refractivity contribution >= 4 is 17.1 Å². The lowest BCUT2D eigenvalue weighted by molar-refractivity contribution is -0.133. The van der Waals surface area contributed by atoms with Gasteiger partial charge in [0.15, 0.2) is 11.2 Å². The highest BCUT2D eigenvalue weighted by atomic mass is 16.2. The summed E-state index contributed by atoms with van der Waals surface area (Å²) in [5.41, 5.74) is 4.95. The smallest absolute Gasteiger partial charge is 0.281 e. The zero-order valence-electron chi connectivity index (χ0n) is 20.4. The molecule has 0 radical (unpaired) electrons. The highest BCUT2D eigenvalue weighted by molar-refractivity contribution is 5.83. The van der Waals surface area contributed by atoms with Gasteiger partial charge in [-0.2, -0.15) is 0 Å². The van der Waals surface area contributed by atoms with Crippen LogP contribution in [0.15, 0.2) is 53.3 Å². The molecule has 4 aromatic rings. The Morgan fingerprint density at radius 3 is 2.31 bits per heavy atom. The summed E-state index contributed by atoms with van der Waals surface area (Å²) in [4.78, 5) is 35.4. The number of H-pyrrole nitrogens is 1. The summed E-state index contributed by atoms with van der Waals surface area (Å²) < 4.78 is 1.68. The van der Waals surface area contributed by atoms with Gasteiger partial charge in [0, 0.05) is 19.0 Å². The fourth-order valence-electron chi connectivity index (χ4n) is 4.69. The van der Waals surface area contributed by atoms with Crippen LogP contribution >= 0.6 is 0 Å². The van der Waals surface area contributed by atoms with E-state index in [-0.39, 0.29) is 28.8 Å². The minimum absolute atomic E-state index is 0.0774. The van der Waals surface area contributed by atoms with E-state index in [1.165, 1.54) is 11.1 Å². The number of rotatable bonds is 5. The molecule has 2 aromatic carbocycles. The average Bonchev–Trinajstić information content (AvgIpc) is 3.28. The van der Waals surface area contributed by atoms with Crippen molar-refractivity contribution in [2.45, 2.75) is 52.0 Å². The Morgan fingerprint density at radius 1 is 1.03 bits per heavy atom. The lowest BCUT2D eigenvalue weighted by Crippen LogP contribution is -2.40. The Hall–Kier alpha value is -3.81. The Bertz CT molecular complexity index is 1400. The number of hydrogen-bond donors (Lipinski definition) is 1. The van der Waals surface area contributed by atoms with E-state index in [2.05, 4.69) is 27.4 Å². The molecule has 8 heteroatoms. The van der Waals surface area contributed by atoms with Crippen molar-refractivity contribution in [1.82, 2.24) is 29.9 Å². The third-order valence-electron chi connectivity index (χ3n) is 6.99. The first-order valence-corrected chi connectivity index (χ1v) is 12.1. The molecular formula is C27H30N6O2. The van der Waals surface area contributed by atoms with Gasteiger partial charge < -0.3 is 9.88 Å². The second kappa shape index (κ2) is 9.44. The van der Waals surface area contributed by atoms with Gasteiger partial charge in [-0.15, -0.1) is 5.10 Å². The van der Waals surface area contributed by atoms with Crippen LogP contribution in [-0.2, 0) is 11.3 Å². The standard InChI is InChI=1S/C27H30N6O2/c1-17-4-8-20(9-5-17)16-33-25-23(30-31-33)26(34)29-24(28-25)22-12-14-32(15-13-22)27(35)19(3)21-10-6-18(2)7-11-21/h4-11,19,22H,12-16H2,1-3H3,(H,28,29,34)/t19-/m0/s1. The number of benzene rings is 2. The van der Waals surface area contributed by atoms with Crippen molar-refractivity contribution < 1.29 is 4.79 Å². The predicted molar refractivity (Wildman–Crippen MR) is 134 cm³/mol. The average molecular weight is 471 g/mol. The van der Waals surface area contributed by atoms with Gasteiger partial charge in [-0.1, -0.05) is 64.9 Å². The predicted octanol–water partition coefficient (Wildman–Crippen LogP) is 3.69. The molecule has 180 valence electrons. The fraction of sp³-hybridized carbons (Fsp3) is 0.370. The van der Waals surface area contributed by atoms with Crippen molar-refractivity contribution in [3.8, 4) is 0 Å². The Labute approximate surface area is 204 Å². The number of piperidine rings is 1. The monoisotopic (exact) mass is 470 g/mol. The molecule has 35 heavy (non-hydrogen) atoms. The zero-order valence-corrected chi connectivity index (χ0v) is 20.4. The van der Waals surface area contributed by atoms with Crippen LogP contribution in [0, 0.1) is 13.8 Å². The van der Waals surface area contributed by atoms with Crippen LogP contribution in [0.3, 0.4) is 0 Å². The van der Waals surface area contributed by atoms with Crippen LogP contribution < -0.4 is 5.56 Å². The van der Waals surface area contributed by atoms with Crippen LogP contribution in [0.25, 0.3) is 11.2 Å². The molecule has 8 nitrogen and oxygen atoms in total. The quantitative estimate of drug-likeness (QED) is 0.480. The molecule has 1 atom stereocenters. The molecule has 0 bridgehead atoms. The van der Waals surface area contributed by atoms with Gasteiger partial charge in [0.1, 0.15) is 5.82 Å². The second-order valence-electron chi connectivity index (χ2n) is 9.59. The maximum Gasteiger partial charge on any atom is 0.281 e. The Kier molecular flexibility index (Phi) is 6.19. The van der Waals surface area contributed by atoms with Gasteiger partial charge in [0.05, 0.1) is 12.5 Å². The van der Waals surface area contributed by atoms with Crippen molar-refractivity contribution in [3.05, 3.63) is 87.0 Å². The van der Waals surface area contributed by atoms with Crippen LogP contribution in [-0.4, -0.2) is 48.9 Å². The van der Waals surface area contributed by atoms with E-state index in [1.54, 1.807) is 4.68 Å². The largest absolute Gasteiger partial charge is 0.342 e. The van der Waals surface area contributed by atoms with Crippen molar-refractivity contribution in [1.29, 1.82) is 0 Å². The molecular weight excluding hydrogens is 440 g/mol. The van der Waals surface area contributed by atoms with Gasteiger partial charge >= 0.3 is 0 Å². The number of aromatic amines is 1. The molecule has 5 rings (SSSR count). The van der Waals surface area contributed by atoms with E-state index >= 15 is 0 Å². The third kappa shape index (κ3) is 4.73. The highest BCUT2D eigenvalue weighted by Crippen LogP contribution is 2.28. The Balaban J connectivity index is 1.30. The summed E-state index contributed by atoms with van der Waals surface area (Å²) in [6, 6.07) is 16.3. The number of carbonyl (C=O) groups excluding carboxylic acids is 1. The molecule has 1 amide bonds. The van der Waals surface area contributed by atoms with E-state index in [0.717, 1.165) is 24.0 Å². The number of amides is 1. The molecule has 0 unspecified atom stereocenters. The van der Waals surface area contributed by atoms with Crippen LogP contribution in [0.4, 0.5) is 0 Å². The third-order valence-corrected chi connectivity index (χ3v) is 6.99. The van der Waals surface area contributed by atoms with E-state index in [1.807, 2.05) is 62.1 Å². The van der Waals surface area contributed by atoms with Gasteiger partial charge in [0.2, 0.25) is 5.91 Å². The summed E-state index contributed by atoms with van der Waals surface area (Å²) in [6.45, 7) is 7.84. The molecule has 0 saturated carbocycles. The van der Waals surface area contributed by atoms with Gasteiger partial charge in [-0.25, -0.2) is 9.67 Å². The topological polar surface area (TPSA) is 96.8 Å². The number of hydrogen-bond acceptors (Lipinski definition) is 5. The SMILES string of the molecule is Cc1ccc(Cn2nnc3c(=O)[nH]c(C4CCN(C(=O)[C@@H](C)c5ccc(C)cc5)CC4)nc32)cc1. The fourth-order valence-corrected chi connectivity index (χ4v) is 4.69. The number of likely N-dealkylation sites (tertiary alicyclic amines) is 1. The van der Waals surface area contributed by atoms with Crippen molar-refractivity contribution in [3.63, 3.8) is 0 Å². The highest BCUT2D eigenvalue weighted by Gasteiger charge is 2.29. The molecule has 1 aliphatic rings. The van der Waals surface area contributed by atoms with Gasteiger partial charge in [0.25, 0.3) is 5.56 Å². The first-order valence-electron chi connectivity index (χ1n) is 12.1. The normalized spacial score (nSPS) is 15.5. The lowest BCUT2D eigenvalue weighted by atomic mass is 9.93. The molecule has 2 aromatic heterocycles. The van der Waals surface area contributed by atoms with Gasteiger partial charge in [-0.05, 0) is 44.7 Å². The minimum atomic E-state index is -0.272. The maximum atomic E-state index is 13.1. The minimum Gasteiger partial charge on any atom is -0.342 e. The van der Waals surface area contributed by atoms with Crippen LogP contribution in [0.2, 0.25) is 0 Å². The van der Waals surface area contributed by atoms with E-state index in [0.29, 0.717) is 31.1 Å². The van der Waals surface area contributed by atoms with Crippen molar-refractivity contribution in [2.75, 3.05) is 13.1 Å². The first-order chi connectivity index (χ1) is 16.9. The van der Waals surface area contributed by atoms with Crippen LogP contribution in [0.5, 0.6) is 0 Å². The second-order valence-corrected chi connectivity index (χ2v) is 9.59.